The summed E-state index contributed by atoms with van der Waals surface area (Å²) in [6.07, 6.45) is 5.16. The van der Waals surface area contributed by atoms with Crippen LogP contribution in [-0.4, -0.2) is 5.78 Å². The van der Waals surface area contributed by atoms with Crippen LogP contribution < -0.4 is 0 Å². The van der Waals surface area contributed by atoms with Gasteiger partial charge in [0, 0.05) is 11.1 Å². The van der Waals surface area contributed by atoms with E-state index in [-0.39, 0.29) is 5.78 Å². The Labute approximate surface area is 79.8 Å². The fourth-order valence-electron chi connectivity index (χ4n) is 0.828. The molecule has 0 heterocycles. The summed E-state index contributed by atoms with van der Waals surface area (Å²) in [6.45, 7) is 5.52. The van der Waals surface area contributed by atoms with Crippen molar-refractivity contribution in [2.75, 3.05) is 0 Å². The lowest BCUT2D eigenvalue weighted by Crippen LogP contribution is -1.91. The minimum Gasteiger partial charge on any atom is -0.295 e. The van der Waals surface area contributed by atoms with Crippen LogP contribution in [0.1, 0.15) is 36.7 Å². The van der Waals surface area contributed by atoms with E-state index in [0.29, 0.717) is 5.56 Å². The molecule has 68 valence electrons. The molecule has 1 aromatic rings. The van der Waals surface area contributed by atoms with Crippen LogP contribution in [-0.2, 0) is 0 Å². The van der Waals surface area contributed by atoms with Crippen LogP contribution in [0.4, 0.5) is 0 Å². The lowest BCUT2D eigenvalue weighted by molar-refractivity contribution is 0.101. The van der Waals surface area contributed by atoms with E-state index in [1.165, 1.54) is 6.92 Å². The number of rotatable bonds is 1. The molecule has 1 nitrogen and oxygen atoms in total. The molecule has 0 aliphatic carbocycles. The largest absolute Gasteiger partial charge is 0.295 e. The highest BCUT2D eigenvalue weighted by Gasteiger charge is 1.97. The first-order valence-corrected chi connectivity index (χ1v) is 4.31. The van der Waals surface area contributed by atoms with Gasteiger partial charge in [-0.25, -0.2) is 0 Å². The van der Waals surface area contributed by atoms with Gasteiger partial charge in [0.15, 0.2) is 5.78 Å². The maximum absolute atomic E-state index is 10.8. The van der Waals surface area contributed by atoms with Gasteiger partial charge in [-0.05, 0) is 19.1 Å². The van der Waals surface area contributed by atoms with Crippen molar-refractivity contribution >= 4 is 5.78 Å². The first-order valence-electron chi connectivity index (χ1n) is 4.31. The van der Waals surface area contributed by atoms with E-state index in [4.69, 9.17) is 6.42 Å². The summed E-state index contributed by atoms with van der Waals surface area (Å²) >= 11 is 0. The minimum absolute atomic E-state index is 0.0436. The van der Waals surface area contributed by atoms with E-state index >= 15 is 0 Å². The Morgan fingerprint density at radius 3 is 2.46 bits per heavy atom. The molecule has 0 aromatic heterocycles. The van der Waals surface area contributed by atoms with E-state index < -0.39 is 0 Å². The maximum Gasteiger partial charge on any atom is 0.159 e. The van der Waals surface area contributed by atoms with Gasteiger partial charge in [-0.1, -0.05) is 31.9 Å². The molecular weight excluding hydrogens is 160 g/mol. The zero-order valence-corrected chi connectivity index (χ0v) is 8.29. The van der Waals surface area contributed by atoms with Crippen molar-refractivity contribution < 1.29 is 4.79 Å². The van der Waals surface area contributed by atoms with Crippen LogP contribution in [0.25, 0.3) is 0 Å². The second-order valence-corrected chi connectivity index (χ2v) is 2.28. The second kappa shape index (κ2) is 6.02. The molecule has 1 aromatic carbocycles. The monoisotopic (exact) mass is 174 g/mol. The highest BCUT2D eigenvalue weighted by molar-refractivity contribution is 5.94. The zero-order chi connectivity index (χ0) is 10.3. The van der Waals surface area contributed by atoms with Crippen molar-refractivity contribution in [2.24, 2.45) is 0 Å². The number of hydrogen-bond donors (Lipinski definition) is 0. The number of carbonyl (C=O) groups is 1. The third-order valence-electron chi connectivity index (χ3n) is 1.44. The van der Waals surface area contributed by atoms with Crippen molar-refractivity contribution in [1.82, 2.24) is 0 Å². The highest BCUT2D eigenvalue weighted by Crippen LogP contribution is 2.03. The molecule has 0 spiro atoms. The minimum atomic E-state index is 0.0436. The number of benzene rings is 1. The van der Waals surface area contributed by atoms with Crippen LogP contribution in [0.15, 0.2) is 24.3 Å². The van der Waals surface area contributed by atoms with Crippen molar-refractivity contribution in [3.63, 3.8) is 0 Å². The molecule has 0 aliphatic heterocycles. The van der Waals surface area contributed by atoms with Crippen molar-refractivity contribution in [3.05, 3.63) is 35.4 Å². The smallest absolute Gasteiger partial charge is 0.159 e. The van der Waals surface area contributed by atoms with Crippen LogP contribution in [0.3, 0.4) is 0 Å². The van der Waals surface area contributed by atoms with Gasteiger partial charge in [0.05, 0.1) is 0 Å². The van der Waals surface area contributed by atoms with Gasteiger partial charge < -0.3 is 0 Å². The zero-order valence-electron chi connectivity index (χ0n) is 8.29. The summed E-state index contributed by atoms with van der Waals surface area (Å²) in [5.41, 5.74) is 1.41. The van der Waals surface area contributed by atoms with E-state index in [2.05, 4.69) is 5.92 Å². The number of carbonyl (C=O) groups excluding carboxylic acids is 1. The summed E-state index contributed by atoms with van der Waals surface area (Å²) < 4.78 is 0. The Balaban J connectivity index is 0.000000671. The third-order valence-corrected chi connectivity index (χ3v) is 1.44. The van der Waals surface area contributed by atoms with Crippen LogP contribution in [0.5, 0.6) is 0 Å². The predicted octanol–water partition coefficient (Wildman–Crippen LogP) is 2.90. The van der Waals surface area contributed by atoms with Gasteiger partial charge >= 0.3 is 0 Å². The van der Waals surface area contributed by atoms with Crippen LogP contribution in [0.2, 0.25) is 0 Å². The third kappa shape index (κ3) is 3.57. The highest BCUT2D eigenvalue weighted by atomic mass is 16.1. The molecule has 13 heavy (non-hydrogen) atoms. The van der Waals surface area contributed by atoms with Gasteiger partial charge in [-0.15, -0.1) is 6.42 Å². The van der Waals surface area contributed by atoms with Gasteiger partial charge in [0.1, 0.15) is 0 Å². The van der Waals surface area contributed by atoms with Gasteiger partial charge in [0.25, 0.3) is 0 Å². The van der Waals surface area contributed by atoms with Crippen molar-refractivity contribution in [1.29, 1.82) is 0 Å². The summed E-state index contributed by atoms with van der Waals surface area (Å²) in [5.74, 6) is 2.51. The summed E-state index contributed by atoms with van der Waals surface area (Å²) in [7, 11) is 0. The quantitative estimate of drug-likeness (QED) is 0.472. The first-order chi connectivity index (χ1) is 6.24. The van der Waals surface area contributed by atoms with E-state index in [9.17, 15) is 4.79 Å². The number of terminal acetylenes is 1. The predicted molar refractivity (Wildman–Crippen MR) is 55.7 cm³/mol. The fraction of sp³-hybridized carbons (Fsp3) is 0.250. The molecular formula is C12H14O. The van der Waals surface area contributed by atoms with Gasteiger partial charge in [0.2, 0.25) is 0 Å². The Hall–Kier alpha value is -1.55. The molecule has 0 saturated carbocycles. The van der Waals surface area contributed by atoms with Crippen molar-refractivity contribution in [2.45, 2.75) is 20.8 Å². The van der Waals surface area contributed by atoms with Gasteiger partial charge in [-0.2, -0.15) is 0 Å². The average molecular weight is 174 g/mol. The SMILES string of the molecule is C#Cc1cccc(C(C)=O)c1.CC. The molecule has 0 saturated heterocycles. The van der Waals surface area contributed by atoms with Crippen LogP contribution >= 0.6 is 0 Å². The average Bonchev–Trinajstić information content (AvgIpc) is 2.21. The van der Waals surface area contributed by atoms with Crippen LogP contribution in [0, 0.1) is 12.3 Å². The lowest BCUT2D eigenvalue weighted by atomic mass is 10.1. The Kier molecular flexibility index (Phi) is 5.30. The topological polar surface area (TPSA) is 17.1 Å². The summed E-state index contributed by atoms with van der Waals surface area (Å²) in [4.78, 5) is 10.8. The molecule has 0 bridgehead atoms. The van der Waals surface area contributed by atoms with Crippen molar-refractivity contribution in [3.8, 4) is 12.3 Å². The number of hydrogen-bond acceptors (Lipinski definition) is 1. The molecule has 0 atom stereocenters. The number of ketones is 1. The van der Waals surface area contributed by atoms with Gasteiger partial charge in [-0.3, -0.25) is 4.79 Å². The molecule has 0 aliphatic rings. The maximum atomic E-state index is 10.8. The Morgan fingerprint density at radius 1 is 1.38 bits per heavy atom. The second-order valence-electron chi connectivity index (χ2n) is 2.28. The molecule has 0 N–H and O–H groups in total. The molecule has 0 fully saturated rings. The van der Waals surface area contributed by atoms with E-state index in [0.717, 1.165) is 5.56 Å². The Morgan fingerprint density at radius 2 is 2.00 bits per heavy atom. The summed E-state index contributed by atoms with van der Waals surface area (Å²) in [5, 5.41) is 0. The summed E-state index contributed by atoms with van der Waals surface area (Å²) in [6, 6.07) is 7.05. The Bertz CT molecular complexity index is 318. The lowest BCUT2D eigenvalue weighted by Gasteiger charge is -1.94. The molecule has 0 radical (unpaired) electrons. The fourth-order valence-corrected chi connectivity index (χ4v) is 0.828. The first kappa shape index (κ1) is 11.4. The normalized spacial score (nSPS) is 7.85. The van der Waals surface area contributed by atoms with E-state index in [1.807, 2.05) is 13.8 Å². The molecule has 1 heteroatoms. The molecule has 1 rings (SSSR count). The van der Waals surface area contributed by atoms with E-state index in [1.54, 1.807) is 24.3 Å². The molecule has 0 amide bonds. The number of Topliss-reactive ketones (excluding diaryl/α,β-unsaturated/α-hetero) is 1. The standard InChI is InChI=1S/C10H8O.C2H6/c1-3-9-5-4-6-10(7-9)8(2)11;1-2/h1,4-7H,2H3;1-2H3. The molecule has 0 unspecified atom stereocenters.